The maximum atomic E-state index is 14.0. The molecule has 0 spiro atoms. The van der Waals surface area contributed by atoms with Crippen molar-refractivity contribution in [2.75, 3.05) is 0 Å². The Morgan fingerprint density at radius 1 is 1.15 bits per heavy atom. The predicted molar refractivity (Wildman–Crippen MR) is 73.1 cm³/mol. The molecule has 0 saturated carbocycles. The molecule has 0 fully saturated rings. The van der Waals surface area contributed by atoms with Gasteiger partial charge in [0.25, 0.3) is 0 Å². The molecule has 0 N–H and O–H groups in total. The number of pyridine rings is 1. The summed E-state index contributed by atoms with van der Waals surface area (Å²) in [4.78, 5) is 8.69. The summed E-state index contributed by atoms with van der Waals surface area (Å²) < 4.78 is 28.6. The van der Waals surface area contributed by atoms with Crippen molar-refractivity contribution in [3.63, 3.8) is 0 Å². The van der Waals surface area contributed by atoms with E-state index in [4.69, 9.17) is 11.6 Å². The number of benzene rings is 1. The zero-order chi connectivity index (χ0) is 14.3. The zero-order valence-corrected chi connectivity index (χ0v) is 11.3. The number of hydrogen-bond donors (Lipinski definition) is 0. The Hall–Kier alpha value is -2.01. The number of aryl methyl sites for hydroxylation is 1. The standard InChI is InChI=1S/C14H10ClF2N3/c1-8-2-4-11-14(18-8)20(13(7-15)19-11)12-5-3-9(16)6-10(12)17/h2-6H,7H2,1H3. The normalized spacial score (nSPS) is 11.2. The SMILES string of the molecule is Cc1ccc2nc(CCl)n(-c3ccc(F)cc3F)c2n1. The molecule has 0 unspecified atom stereocenters. The monoisotopic (exact) mass is 293 g/mol. The van der Waals surface area contributed by atoms with Crippen LogP contribution in [-0.2, 0) is 5.88 Å². The summed E-state index contributed by atoms with van der Waals surface area (Å²) in [6.07, 6.45) is 0. The fraction of sp³-hybridized carbons (Fsp3) is 0.143. The number of imidazole rings is 1. The van der Waals surface area contributed by atoms with E-state index < -0.39 is 11.6 Å². The molecule has 6 heteroatoms. The molecule has 0 aliphatic heterocycles. The second-order valence-corrected chi connectivity index (χ2v) is 4.66. The summed E-state index contributed by atoms with van der Waals surface area (Å²) in [5.74, 6) is -0.747. The first kappa shape index (κ1) is 13.0. The third kappa shape index (κ3) is 2.04. The average Bonchev–Trinajstić information content (AvgIpc) is 2.76. The smallest absolute Gasteiger partial charge is 0.165 e. The first-order chi connectivity index (χ1) is 9.60. The molecule has 0 aliphatic carbocycles. The zero-order valence-electron chi connectivity index (χ0n) is 10.6. The molecule has 1 aromatic carbocycles. The molecule has 0 aliphatic rings. The van der Waals surface area contributed by atoms with Crippen molar-refractivity contribution in [3.05, 3.63) is 53.5 Å². The van der Waals surface area contributed by atoms with Crippen LogP contribution in [0.25, 0.3) is 16.9 Å². The van der Waals surface area contributed by atoms with Crippen molar-refractivity contribution in [1.29, 1.82) is 0 Å². The molecule has 3 nitrogen and oxygen atoms in total. The highest BCUT2D eigenvalue weighted by molar-refractivity contribution is 6.16. The van der Waals surface area contributed by atoms with Crippen LogP contribution in [0.3, 0.4) is 0 Å². The van der Waals surface area contributed by atoms with E-state index in [1.165, 1.54) is 16.7 Å². The number of nitrogens with zero attached hydrogens (tertiary/aromatic N) is 3. The van der Waals surface area contributed by atoms with Gasteiger partial charge in [0.2, 0.25) is 0 Å². The van der Waals surface area contributed by atoms with Gasteiger partial charge in [0, 0.05) is 11.8 Å². The Morgan fingerprint density at radius 2 is 1.95 bits per heavy atom. The fourth-order valence-electron chi connectivity index (χ4n) is 2.10. The van der Waals surface area contributed by atoms with Gasteiger partial charge in [-0.05, 0) is 31.2 Å². The highest BCUT2D eigenvalue weighted by Gasteiger charge is 2.16. The van der Waals surface area contributed by atoms with Gasteiger partial charge in [-0.15, -0.1) is 11.6 Å². The third-order valence-electron chi connectivity index (χ3n) is 2.98. The van der Waals surface area contributed by atoms with Crippen molar-refractivity contribution in [3.8, 4) is 5.69 Å². The molecule has 20 heavy (non-hydrogen) atoms. The van der Waals surface area contributed by atoms with Crippen LogP contribution in [0.5, 0.6) is 0 Å². The van der Waals surface area contributed by atoms with Crippen LogP contribution in [-0.4, -0.2) is 14.5 Å². The molecule has 0 atom stereocenters. The fourth-order valence-corrected chi connectivity index (χ4v) is 2.28. The van der Waals surface area contributed by atoms with Crippen molar-refractivity contribution in [1.82, 2.24) is 14.5 Å². The van der Waals surface area contributed by atoms with Crippen LogP contribution < -0.4 is 0 Å². The van der Waals surface area contributed by atoms with E-state index >= 15 is 0 Å². The highest BCUT2D eigenvalue weighted by Crippen LogP contribution is 2.24. The lowest BCUT2D eigenvalue weighted by Gasteiger charge is -2.08. The molecule has 0 saturated heterocycles. The molecule has 2 heterocycles. The van der Waals surface area contributed by atoms with E-state index in [0.717, 1.165) is 11.8 Å². The van der Waals surface area contributed by atoms with Crippen molar-refractivity contribution >= 4 is 22.8 Å². The molecule has 0 bridgehead atoms. The highest BCUT2D eigenvalue weighted by atomic mass is 35.5. The van der Waals surface area contributed by atoms with Crippen LogP contribution in [0.4, 0.5) is 8.78 Å². The van der Waals surface area contributed by atoms with Gasteiger partial charge < -0.3 is 0 Å². The van der Waals surface area contributed by atoms with Crippen LogP contribution >= 0.6 is 11.6 Å². The minimum atomic E-state index is -0.682. The number of fused-ring (bicyclic) bond motifs is 1. The van der Waals surface area contributed by atoms with Crippen LogP contribution in [0.2, 0.25) is 0 Å². The van der Waals surface area contributed by atoms with Crippen LogP contribution in [0.1, 0.15) is 11.5 Å². The minimum absolute atomic E-state index is 0.103. The second kappa shape index (κ2) is 4.83. The molecule has 3 rings (SSSR count). The van der Waals surface area contributed by atoms with Gasteiger partial charge in [0.15, 0.2) is 5.65 Å². The minimum Gasteiger partial charge on any atom is -0.277 e. The molecular weight excluding hydrogens is 284 g/mol. The topological polar surface area (TPSA) is 30.7 Å². The van der Waals surface area contributed by atoms with E-state index in [9.17, 15) is 8.78 Å². The van der Waals surface area contributed by atoms with Gasteiger partial charge in [0.1, 0.15) is 23.0 Å². The van der Waals surface area contributed by atoms with Crippen molar-refractivity contribution < 1.29 is 8.78 Å². The largest absolute Gasteiger partial charge is 0.277 e. The number of halogens is 3. The second-order valence-electron chi connectivity index (χ2n) is 4.39. The maximum absolute atomic E-state index is 14.0. The first-order valence-corrected chi connectivity index (χ1v) is 6.50. The van der Waals surface area contributed by atoms with Crippen molar-refractivity contribution in [2.24, 2.45) is 0 Å². The van der Waals surface area contributed by atoms with Crippen molar-refractivity contribution in [2.45, 2.75) is 12.8 Å². The van der Waals surface area contributed by atoms with E-state index in [1.807, 2.05) is 13.0 Å². The first-order valence-electron chi connectivity index (χ1n) is 5.96. The van der Waals surface area contributed by atoms with Gasteiger partial charge in [-0.3, -0.25) is 4.57 Å². The molecule has 2 aromatic heterocycles. The van der Waals surface area contributed by atoms with Gasteiger partial charge in [-0.25, -0.2) is 18.7 Å². The predicted octanol–water partition coefficient (Wildman–Crippen LogP) is 3.75. The Balaban J connectivity index is 2.36. The van der Waals surface area contributed by atoms with Gasteiger partial charge in [-0.2, -0.15) is 0 Å². The molecule has 0 amide bonds. The van der Waals surface area contributed by atoms with Crippen LogP contribution in [0, 0.1) is 18.6 Å². The summed E-state index contributed by atoms with van der Waals surface area (Å²) in [5, 5.41) is 0. The number of alkyl halides is 1. The molecule has 3 aromatic rings. The lowest BCUT2D eigenvalue weighted by atomic mass is 10.3. The Labute approximate surface area is 118 Å². The van der Waals surface area contributed by atoms with E-state index in [2.05, 4.69) is 9.97 Å². The summed E-state index contributed by atoms with van der Waals surface area (Å²) >= 11 is 5.87. The van der Waals surface area contributed by atoms with Gasteiger partial charge in [0.05, 0.1) is 11.6 Å². The van der Waals surface area contributed by atoms with Crippen LogP contribution in [0.15, 0.2) is 30.3 Å². The van der Waals surface area contributed by atoms with Gasteiger partial charge >= 0.3 is 0 Å². The van der Waals surface area contributed by atoms with E-state index in [1.54, 1.807) is 6.07 Å². The Kier molecular flexibility index (Phi) is 3.14. The summed E-state index contributed by atoms with van der Waals surface area (Å²) in [6.45, 7) is 1.83. The summed E-state index contributed by atoms with van der Waals surface area (Å²) in [6, 6.07) is 6.99. The quantitative estimate of drug-likeness (QED) is 0.674. The number of aromatic nitrogens is 3. The number of rotatable bonds is 2. The lowest BCUT2D eigenvalue weighted by molar-refractivity contribution is 0.577. The lowest BCUT2D eigenvalue weighted by Crippen LogP contribution is -2.03. The third-order valence-corrected chi connectivity index (χ3v) is 3.22. The Morgan fingerprint density at radius 3 is 2.65 bits per heavy atom. The summed E-state index contributed by atoms with van der Waals surface area (Å²) in [7, 11) is 0. The maximum Gasteiger partial charge on any atom is 0.165 e. The van der Waals surface area contributed by atoms with Gasteiger partial charge in [-0.1, -0.05) is 0 Å². The summed E-state index contributed by atoms with van der Waals surface area (Å²) in [5.41, 5.74) is 2.09. The number of hydrogen-bond acceptors (Lipinski definition) is 2. The molecule has 102 valence electrons. The average molecular weight is 294 g/mol. The molecular formula is C14H10ClF2N3. The van der Waals surface area contributed by atoms with E-state index in [0.29, 0.717) is 17.0 Å². The van der Waals surface area contributed by atoms with E-state index in [-0.39, 0.29) is 11.6 Å². The Bertz CT molecular complexity index is 798. The molecule has 0 radical (unpaired) electrons.